The number of nitrogens with zero attached hydrogens (tertiary/aromatic N) is 1. The summed E-state index contributed by atoms with van der Waals surface area (Å²) < 4.78 is 0. The molecule has 0 aromatic heterocycles. The van der Waals surface area contributed by atoms with Crippen LogP contribution in [-0.4, -0.2) is 24.4 Å². The van der Waals surface area contributed by atoms with Gasteiger partial charge in [-0.25, -0.2) is 0 Å². The lowest BCUT2D eigenvalue weighted by molar-refractivity contribution is -0.117. The second kappa shape index (κ2) is 7.20. The summed E-state index contributed by atoms with van der Waals surface area (Å²) >= 11 is 0. The van der Waals surface area contributed by atoms with Gasteiger partial charge in [0.2, 0.25) is 11.8 Å². The molecule has 0 fully saturated rings. The smallest absolute Gasteiger partial charge is 0.246 e. The molecule has 0 saturated heterocycles. The van der Waals surface area contributed by atoms with E-state index in [1.807, 2.05) is 57.2 Å². The first-order valence-corrected chi connectivity index (χ1v) is 8.91. The minimum absolute atomic E-state index is 0.0609. The van der Waals surface area contributed by atoms with Gasteiger partial charge >= 0.3 is 0 Å². The van der Waals surface area contributed by atoms with Gasteiger partial charge in [-0.15, -0.1) is 0 Å². The average molecular weight is 351 g/mol. The first-order valence-electron chi connectivity index (χ1n) is 8.91. The average Bonchev–Trinajstić information content (AvgIpc) is 3.01. The molecule has 0 saturated carbocycles. The van der Waals surface area contributed by atoms with Gasteiger partial charge in [-0.2, -0.15) is 0 Å². The highest BCUT2D eigenvalue weighted by atomic mass is 16.2. The summed E-state index contributed by atoms with van der Waals surface area (Å²) in [6.45, 7) is 8.13. The molecule has 0 unspecified atom stereocenters. The Hall–Kier alpha value is -2.82. The van der Waals surface area contributed by atoms with E-state index in [0.29, 0.717) is 0 Å². The molecule has 1 aliphatic rings. The van der Waals surface area contributed by atoms with Crippen LogP contribution < -0.4 is 15.5 Å². The maximum Gasteiger partial charge on any atom is 0.246 e. The third kappa shape index (κ3) is 3.72. The largest absolute Gasteiger partial charge is 0.374 e. The molecule has 1 aliphatic heterocycles. The Morgan fingerprint density at radius 1 is 1.12 bits per heavy atom. The summed E-state index contributed by atoms with van der Waals surface area (Å²) in [4.78, 5) is 26.0. The van der Waals surface area contributed by atoms with Gasteiger partial charge in [0, 0.05) is 30.5 Å². The molecule has 1 atom stereocenters. The number of amides is 2. The lowest BCUT2D eigenvalue weighted by Crippen LogP contribution is -2.32. The van der Waals surface area contributed by atoms with Gasteiger partial charge in [0.05, 0.1) is 0 Å². The summed E-state index contributed by atoms with van der Waals surface area (Å²) in [6.07, 6.45) is 0.841. The van der Waals surface area contributed by atoms with Crippen LogP contribution in [0.15, 0.2) is 36.4 Å². The molecule has 1 heterocycles. The SMILES string of the molecule is CC(=O)N1CCc2cc(N[C@H](C)C(=O)Nc3cc(C)ccc3C)ccc21. The summed E-state index contributed by atoms with van der Waals surface area (Å²) in [6, 6.07) is 11.5. The van der Waals surface area contributed by atoms with Crippen LogP contribution in [0.1, 0.15) is 30.5 Å². The number of benzene rings is 2. The standard InChI is InChI=1S/C21H25N3O2/c1-13-5-6-14(2)19(11-13)23-21(26)15(3)22-18-7-8-20-17(12-18)9-10-24(20)16(4)25/h5-8,11-12,15,22H,9-10H2,1-4H3,(H,23,26)/t15-/m1/s1. The van der Waals surface area contributed by atoms with Crippen molar-refractivity contribution >= 4 is 28.9 Å². The molecule has 5 nitrogen and oxygen atoms in total. The van der Waals surface area contributed by atoms with Crippen molar-refractivity contribution in [1.29, 1.82) is 0 Å². The number of carbonyl (C=O) groups is 2. The summed E-state index contributed by atoms with van der Waals surface area (Å²) in [5, 5.41) is 6.25. The van der Waals surface area contributed by atoms with E-state index in [2.05, 4.69) is 10.6 Å². The normalized spacial score (nSPS) is 13.9. The summed E-state index contributed by atoms with van der Waals surface area (Å²) in [5.74, 6) is -0.0182. The van der Waals surface area contributed by atoms with E-state index in [9.17, 15) is 9.59 Å². The molecule has 2 aromatic carbocycles. The van der Waals surface area contributed by atoms with Gasteiger partial charge in [-0.05, 0) is 68.1 Å². The fourth-order valence-electron chi connectivity index (χ4n) is 3.25. The number of hydrogen-bond acceptors (Lipinski definition) is 3. The Morgan fingerprint density at radius 3 is 2.62 bits per heavy atom. The van der Waals surface area contributed by atoms with Gasteiger partial charge in [0.25, 0.3) is 0 Å². The number of aryl methyl sites for hydroxylation is 2. The van der Waals surface area contributed by atoms with E-state index in [1.165, 1.54) is 0 Å². The molecule has 2 amide bonds. The van der Waals surface area contributed by atoms with Crippen LogP contribution in [-0.2, 0) is 16.0 Å². The zero-order valence-electron chi connectivity index (χ0n) is 15.7. The zero-order valence-corrected chi connectivity index (χ0v) is 15.7. The second-order valence-electron chi connectivity index (χ2n) is 6.94. The second-order valence-corrected chi connectivity index (χ2v) is 6.94. The fourth-order valence-corrected chi connectivity index (χ4v) is 3.25. The maximum absolute atomic E-state index is 12.5. The molecule has 0 aliphatic carbocycles. The zero-order chi connectivity index (χ0) is 18.8. The third-order valence-corrected chi connectivity index (χ3v) is 4.78. The molecular weight excluding hydrogens is 326 g/mol. The molecule has 5 heteroatoms. The van der Waals surface area contributed by atoms with Crippen molar-refractivity contribution < 1.29 is 9.59 Å². The van der Waals surface area contributed by atoms with Crippen LogP contribution in [0.3, 0.4) is 0 Å². The minimum Gasteiger partial charge on any atom is -0.374 e. The van der Waals surface area contributed by atoms with E-state index in [0.717, 1.165) is 46.7 Å². The van der Waals surface area contributed by atoms with Crippen molar-refractivity contribution in [3.63, 3.8) is 0 Å². The highest BCUT2D eigenvalue weighted by molar-refractivity contribution is 5.97. The molecular formula is C21H25N3O2. The number of nitrogens with one attached hydrogen (secondary N) is 2. The Bertz CT molecular complexity index is 860. The summed E-state index contributed by atoms with van der Waals surface area (Å²) in [5.41, 5.74) is 5.98. The summed E-state index contributed by atoms with van der Waals surface area (Å²) in [7, 11) is 0. The van der Waals surface area contributed by atoms with E-state index >= 15 is 0 Å². The highest BCUT2D eigenvalue weighted by Gasteiger charge is 2.22. The van der Waals surface area contributed by atoms with E-state index in [4.69, 9.17) is 0 Å². The van der Waals surface area contributed by atoms with Crippen molar-refractivity contribution in [2.75, 3.05) is 22.1 Å². The number of fused-ring (bicyclic) bond motifs is 1. The van der Waals surface area contributed by atoms with Crippen LogP contribution in [0.4, 0.5) is 17.1 Å². The van der Waals surface area contributed by atoms with Gasteiger partial charge in [0.1, 0.15) is 6.04 Å². The predicted octanol–water partition coefficient (Wildman–Crippen LogP) is 3.65. The monoisotopic (exact) mass is 351 g/mol. The Kier molecular flexibility index (Phi) is 4.98. The maximum atomic E-state index is 12.5. The van der Waals surface area contributed by atoms with Crippen molar-refractivity contribution in [3.05, 3.63) is 53.1 Å². The van der Waals surface area contributed by atoms with Gasteiger partial charge < -0.3 is 15.5 Å². The van der Waals surface area contributed by atoms with Crippen LogP contribution >= 0.6 is 0 Å². The minimum atomic E-state index is -0.377. The lowest BCUT2D eigenvalue weighted by atomic mass is 10.1. The van der Waals surface area contributed by atoms with Crippen molar-refractivity contribution in [3.8, 4) is 0 Å². The van der Waals surface area contributed by atoms with Crippen LogP contribution in [0.5, 0.6) is 0 Å². The third-order valence-electron chi connectivity index (χ3n) is 4.78. The van der Waals surface area contributed by atoms with Gasteiger partial charge in [-0.3, -0.25) is 9.59 Å². The number of carbonyl (C=O) groups excluding carboxylic acids is 2. The van der Waals surface area contributed by atoms with Gasteiger partial charge in [-0.1, -0.05) is 12.1 Å². The van der Waals surface area contributed by atoms with E-state index in [-0.39, 0.29) is 17.9 Å². The Labute approximate surface area is 154 Å². The first kappa shape index (κ1) is 18.0. The van der Waals surface area contributed by atoms with Crippen LogP contribution in [0.2, 0.25) is 0 Å². The fraction of sp³-hybridized carbons (Fsp3) is 0.333. The molecule has 136 valence electrons. The highest BCUT2D eigenvalue weighted by Crippen LogP contribution is 2.30. The number of rotatable bonds is 4. The topological polar surface area (TPSA) is 61.4 Å². The molecule has 0 radical (unpaired) electrons. The van der Waals surface area contributed by atoms with Crippen molar-refractivity contribution in [1.82, 2.24) is 0 Å². The Balaban J connectivity index is 1.68. The number of hydrogen-bond donors (Lipinski definition) is 2. The molecule has 0 bridgehead atoms. The van der Waals surface area contributed by atoms with Crippen molar-refractivity contribution in [2.45, 2.75) is 40.2 Å². The first-order chi connectivity index (χ1) is 12.3. The molecule has 3 rings (SSSR count). The lowest BCUT2D eigenvalue weighted by Gasteiger charge is -2.18. The molecule has 0 spiro atoms. The molecule has 26 heavy (non-hydrogen) atoms. The van der Waals surface area contributed by atoms with E-state index < -0.39 is 0 Å². The predicted molar refractivity (Wildman–Crippen MR) is 106 cm³/mol. The van der Waals surface area contributed by atoms with Gasteiger partial charge in [0.15, 0.2) is 0 Å². The van der Waals surface area contributed by atoms with Crippen molar-refractivity contribution in [2.24, 2.45) is 0 Å². The van der Waals surface area contributed by atoms with Crippen LogP contribution in [0, 0.1) is 13.8 Å². The Morgan fingerprint density at radius 2 is 1.88 bits per heavy atom. The van der Waals surface area contributed by atoms with Crippen LogP contribution in [0.25, 0.3) is 0 Å². The molecule has 2 aromatic rings. The van der Waals surface area contributed by atoms with E-state index in [1.54, 1.807) is 11.8 Å². The molecule has 2 N–H and O–H groups in total. The quantitative estimate of drug-likeness (QED) is 0.884. The number of anilines is 3.